The normalized spacial score (nSPS) is 11.0. The van der Waals surface area contributed by atoms with Crippen LogP contribution in [0.3, 0.4) is 0 Å². The molecular weight excluding hydrogens is 565 g/mol. The standard InChI is InChI=1S/C27H19Cl2N3O4S2/c1-2-36-27(35)23-20(16-5-9-18(29)10-6-16)13-38-25(23)31-21(33)11-32-14-30-24-22(26(32)34)19(12-37-24)15-3-7-17(28)8-4-15/h3-10,12-14H,2,11H2,1H3,(H,31,33). The Kier molecular flexibility index (Phi) is 7.62. The van der Waals surface area contributed by atoms with Gasteiger partial charge in [-0.15, -0.1) is 22.7 Å². The van der Waals surface area contributed by atoms with Gasteiger partial charge in [0, 0.05) is 31.9 Å². The second-order valence-corrected chi connectivity index (χ2v) is 10.8. The van der Waals surface area contributed by atoms with E-state index >= 15 is 0 Å². The molecule has 0 aliphatic heterocycles. The van der Waals surface area contributed by atoms with Gasteiger partial charge in [0.05, 0.1) is 18.3 Å². The Balaban J connectivity index is 1.44. The minimum absolute atomic E-state index is 0.180. The van der Waals surface area contributed by atoms with Crippen LogP contribution >= 0.6 is 45.9 Å². The van der Waals surface area contributed by atoms with Gasteiger partial charge in [-0.2, -0.15) is 0 Å². The summed E-state index contributed by atoms with van der Waals surface area (Å²) < 4.78 is 6.50. The lowest BCUT2D eigenvalue weighted by atomic mass is 10.0. The van der Waals surface area contributed by atoms with E-state index in [-0.39, 0.29) is 24.3 Å². The first kappa shape index (κ1) is 26.1. The topological polar surface area (TPSA) is 90.3 Å². The Morgan fingerprint density at radius 2 is 1.55 bits per heavy atom. The monoisotopic (exact) mass is 583 g/mol. The second-order valence-electron chi connectivity index (χ2n) is 8.14. The van der Waals surface area contributed by atoms with Crippen molar-refractivity contribution in [1.29, 1.82) is 0 Å². The third kappa shape index (κ3) is 5.23. The number of fused-ring (bicyclic) bond motifs is 1. The molecule has 0 aliphatic carbocycles. The zero-order valence-corrected chi connectivity index (χ0v) is 23.0. The fourth-order valence-corrected chi connectivity index (χ4v) is 6.07. The summed E-state index contributed by atoms with van der Waals surface area (Å²) >= 11 is 14.6. The van der Waals surface area contributed by atoms with Gasteiger partial charge in [0.1, 0.15) is 21.9 Å². The molecule has 0 saturated carbocycles. The smallest absolute Gasteiger partial charge is 0.341 e. The van der Waals surface area contributed by atoms with Crippen LogP contribution < -0.4 is 10.9 Å². The molecule has 7 nitrogen and oxygen atoms in total. The predicted octanol–water partition coefficient (Wildman–Crippen LogP) is 6.98. The van der Waals surface area contributed by atoms with Crippen LogP contribution in [0.1, 0.15) is 17.3 Å². The molecule has 0 fully saturated rings. The van der Waals surface area contributed by atoms with Gasteiger partial charge in [0.25, 0.3) is 5.56 Å². The molecule has 0 atom stereocenters. The van der Waals surface area contributed by atoms with Crippen LogP contribution in [0.4, 0.5) is 5.00 Å². The van der Waals surface area contributed by atoms with Crippen LogP contribution in [0.25, 0.3) is 32.5 Å². The Morgan fingerprint density at radius 1 is 0.947 bits per heavy atom. The molecular formula is C27H19Cl2N3O4S2. The van der Waals surface area contributed by atoms with Crippen LogP contribution in [0.15, 0.2) is 70.4 Å². The quantitative estimate of drug-likeness (QED) is 0.209. The van der Waals surface area contributed by atoms with Crippen molar-refractivity contribution < 1.29 is 14.3 Å². The summed E-state index contributed by atoms with van der Waals surface area (Å²) in [6.07, 6.45) is 1.35. The van der Waals surface area contributed by atoms with Gasteiger partial charge in [-0.25, -0.2) is 9.78 Å². The first-order chi connectivity index (χ1) is 18.4. The fourth-order valence-electron chi connectivity index (χ4n) is 3.94. The van der Waals surface area contributed by atoms with Crippen LogP contribution in [0.2, 0.25) is 10.0 Å². The number of aromatic nitrogens is 2. The highest BCUT2D eigenvalue weighted by Crippen LogP contribution is 2.37. The van der Waals surface area contributed by atoms with Crippen molar-refractivity contribution >= 4 is 73.0 Å². The number of rotatable bonds is 7. The lowest BCUT2D eigenvalue weighted by Gasteiger charge is -2.10. The molecule has 5 aromatic rings. The number of nitrogens with one attached hydrogen (secondary N) is 1. The predicted molar refractivity (Wildman–Crippen MR) is 154 cm³/mol. The average Bonchev–Trinajstić information content (AvgIpc) is 3.52. The van der Waals surface area contributed by atoms with Crippen molar-refractivity contribution in [3.05, 3.63) is 91.6 Å². The Hall–Kier alpha value is -3.50. The minimum atomic E-state index is -0.555. The number of hydrogen-bond donors (Lipinski definition) is 1. The third-order valence-corrected chi connectivity index (χ3v) is 7.99. The molecule has 2 aromatic carbocycles. The number of anilines is 1. The summed E-state index contributed by atoms with van der Waals surface area (Å²) in [5.74, 6) is -1.04. The summed E-state index contributed by atoms with van der Waals surface area (Å²) in [5.41, 5.74) is 2.84. The lowest BCUT2D eigenvalue weighted by molar-refractivity contribution is -0.116. The SMILES string of the molecule is CCOC(=O)c1c(-c2ccc(Cl)cc2)csc1NC(=O)Cn1cnc2scc(-c3ccc(Cl)cc3)c2c1=O. The van der Waals surface area contributed by atoms with E-state index in [0.717, 1.165) is 16.7 Å². The van der Waals surface area contributed by atoms with Crippen LogP contribution in [0.5, 0.6) is 0 Å². The van der Waals surface area contributed by atoms with Gasteiger partial charge in [-0.3, -0.25) is 14.2 Å². The van der Waals surface area contributed by atoms with Crippen molar-refractivity contribution in [3.63, 3.8) is 0 Å². The summed E-state index contributed by atoms with van der Waals surface area (Å²) in [6, 6.07) is 14.2. The van der Waals surface area contributed by atoms with E-state index in [0.29, 0.717) is 30.8 Å². The van der Waals surface area contributed by atoms with Gasteiger partial charge >= 0.3 is 5.97 Å². The van der Waals surface area contributed by atoms with E-state index in [1.165, 1.54) is 33.6 Å². The lowest BCUT2D eigenvalue weighted by Crippen LogP contribution is -2.28. The molecule has 0 radical (unpaired) electrons. The molecule has 1 amide bonds. The highest BCUT2D eigenvalue weighted by molar-refractivity contribution is 7.17. The average molecular weight is 585 g/mol. The highest BCUT2D eigenvalue weighted by atomic mass is 35.5. The third-order valence-electron chi connectivity index (χ3n) is 5.71. The Morgan fingerprint density at radius 3 is 2.18 bits per heavy atom. The van der Waals surface area contributed by atoms with Crippen molar-refractivity contribution in [3.8, 4) is 22.3 Å². The minimum Gasteiger partial charge on any atom is -0.462 e. The van der Waals surface area contributed by atoms with Crippen LogP contribution in [-0.2, 0) is 16.1 Å². The Bertz CT molecular complexity index is 1710. The molecule has 5 rings (SSSR count). The maximum atomic E-state index is 13.4. The summed E-state index contributed by atoms with van der Waals surface area (Å²) in [5, 5.41) is 8.33. The summed E-state index contributed by atoms with van der Waals surface area (Å²) in [4.78, 5) is 44.2. The first-order valence-corrected chi connectivity index (χ1v) is 13.9. The molecule has 0 spiro atoms. The second kappa shape index (κ2) is 11.1. The molecule has 3 aromatic heterocycles. The van der Waals surface area contributed by atoms with Gasteiger partial charge < -0.3 is 10.1 Å². The van der Waals surface area contributed by atoms with E-state index < -0.39 is 11.9 Å². The number of amides is 1. The maximum Gasteiger partial charge on any atom is 0.341 e. The van der Waals surface area contributed by atoms with Crippen molar-refractivity contribution in [2.45, 2.75) is 13.5 Å². The first-order valence-electron chi connectivity index (χ1n) is 11.4. The molecule has 3 heterocycles. The number of carbonyl (C=O) groups is 2. The van der Waals surface area contributed by atoms with E-state index in [1.807, 2.05) is 17.5 Å². The van der Waals surface area contributed by atoms with Gasteiger partial charge in [-0.1, -0.05) is 47.5 Å². The number of ether oxygens (including phenoxy) is 1. The van der Waals surface area contributed by atoms with Crippen LogP contribution in [0, 0.1) is 0 Å². The highest BCUT2D eigenvalue weighted by Gasteiger charge is 2.23. The molecule has 0 unspecified atom stereocenters. The summed E-state index contributed by atoms with van der Waals surface area (Å²) in [7, 11) is 0. The van der Waals surface area contributed by atoms with Crippen LogP contribution in [-0.4, -0.2) is 28.0 Å². The van der Waals surface area contributed by atoms with E-state index in [1.54, 1.807) is 48.7 Å². The van der Waals surface area contributed by atoms with Crippen molar-refractivity contribution in [1.82, 2.24) is 9.55 Å². The number of benzene rings is 2. The Labute approximate surface area is 235 Å². The molecule has 38 heavy (non-hydrogen) atoms. The molecule has 192 valence electrons. The zero-order valence-electron chi connectivity index (χ0n) is 19.9. The molecule has 0 aliphatic rings. The number of halogens is 2. The number of carbonyl (C=O) groups excluding carboxylic acids is 2. The largest absolute Gasteiger partial charge is 0.462 e. The van der Waals surface area contributed by atoms with Gasteiger partial charge in [0.15, 0.2) is 0 Å². The number of hydrogen-bond acceptors (Lipinski definition) is 7. The van der Waals surface area contributed by atoms with E-state index in [2.05, 4.69) is 10.3 Å². The van der Waals surface area contributed by atoms with Gasteiger partial charge in [-0.05, 0) is 42.3 Å². The van der Waals surface area contributed by atoms with E-state index in [9.17, 15) is 14.4 Å². The number of nitrogens with zero attached hydrogens (tertiary/aromatic N) is 2. The van der Waals surface area contributed by atoms with Gasteiger partial charge in [0.2, 0.25) is 5.91 Å². The summed E-state index contributed by atoms with van der Waals surface area (Å²) in [6.45, 7) is 1.61. The maximum absolute atomic E-state index is 13.4. The van der Waals surface area contributed by atoms with Crippen molar-refractivity contribution in [2.75, 3.05) is 11.9 Å². The molecule has 0 saturated heterocycles. The molecule has 1 N–H and O–H groups in total. The zero-order chi connectivity index (χ0) is 26.8. The molecule has 11 heteroatoms. The number of esters is 1. The van der Waals surface area contributed by atoms with E-state index in [4.69, 9.17) is 27.9 Å². The van der Waals surface area contributed by atoms with Crippen molar-refractivity contribution in [2.24, 2.45) is 0 Å². The molecule has 0 bridgehead atoms. The number of thiophene rings is 2. The fraction of sp³-hybridized carbons (Fsp3) is 0.111.